The fourth-order valence-electron chi connectivity index (χ4n) is 1.57. The van der Waals surface area contributed by atoms with Crippen LogP contribution in [0.25, 0.3) is 0 Å². The molecule has 0 heterocycles. The predicted molar refractivity (Wildman–Crippen MR) is 75.2 cm³/mol. The molecule has 0 atom stereocenters. The van der Waals surface area contributed by atoms with Gasteiger partial charge in [-0.3, -0.25) is 0 Å². The van der Waals surface area contributed by atoms with Gasteiger partial charge < -0.3 is 15.7 Å². The van der Waals surface area contributed by atoms with Crippen molar-refractivity contribution < 1.29 is 9.94 Å². The van der Waals surface area contributed by atoms with Gasteiger partial charge in [0.05, 0.1) is 5.02 Å². The smallest absolute Gasteiger partial charge is 0.170 e. The molecule has 19 heavy (non-hydrogen) atoms. The van der Waals surface area contributed by atoms with Crippen molar-refractivity contribution in [3.63, 3.8) is 0 Å². The third-order valence-electron chi connectivity index (χ3n) is 2.57. The fraction of sp³-hybridized carbons (Fsp3) is 0.0714. The van der Waals surface area contributed by atoms with E-state index in [9.17, 15) is 0 Å². The lowest BCUT2D eigenvalue weighted by atomic mass is 10.2. The number of oxime groups is 1. The summed E-state index contributed by atoms with van der Waals surface area (Å²) in [7, 11) is 0. The molecule has 98 valence electrons. The Labute approximate surface area is 116 Å². The lowest BCUT2D eigenvalue weighted by molar-refractivity contribution is 0.318. The minimum Gasteiger partial charge on any atom is -0.456 e. The maximum absolute atomic E-state index is 8.57. The number of amidine groups is 1. The molecule has 0 saturated carbocycles. The largest absolute Gasteiger partial charge is 0.456 e. The predicted octanol–water partition coefficient (Wildman–Crippen LogP) is 3.54. The molecular weight excluding hydrogens is 264 g/mol. The summed E-state index contributed by atoms with van der Waals surface area (Å²) in [5.74, 6) is 1.28. The second kappa shape index (κ2) is 5.63. The SMILES string of the molecule is Cc1ccc(Cl)c(Oc2ccc(/C(N)=N/O)cc2)c1. The van der Waals surface area contributed by atoms with Crippen LogP contribution in [0.2, 0.25) is 5.02 Å². The molecule has 2 rings (SSSR count). The van der Waals surface area contributed by atoms with E-state index in [0.29, 0.717) is 22.1 Å². The van der Waals surface area contributed by atoms with Crippen molar-refractivity contribution in [3.05, 3.63) is 58.6 Å². The van der Waals surface area contributed by atoms with Gasteiger partial charge in [-0.1, -0.05) is 22.8 Å². The molecule has 2 aromatic carbocycles. The first-order chi connectivity index (χ1) is 9.10. The zero-order chi connectivity index (χ0) is 13.8. The number of hydrogen-bond donors (Lipinski definition) is 2. The first kappa shape index (κ1) is 13.2. The van der Waals surface area contributed by atoms with Crippen LogP contribution in [0.1, 0.15) is 11.1 Å². The first-order valence-corrected chi connectivity index (χ1v) is 6.00. The summed E-state index contributed by atoms with van der Waals surface area (Å²) in [5.41, 5.74) is 7.16. The minimum atomic E-state index is 0.0557. The number of hydrogen-bond acceptors (Lipinski definition) is 3. The Morgan fingerprint density at radius 2 is 1.89 bits per heavy atom. The van der Waals surface area contributed by atoms with Gasteiger partial charge >= 0.3 is 0 Å². The van der Waals surface area contributed by atoms with Gasteiger partial charge in [0.25, 0.3) is 0 Å². The Kier molecular flexibility index (Phi) is 3.92. The lowest BCUT2D eigenvalue weighted by Crippen LogP contribution is -2.12. The molecule has 0 saturated heterocycles. The molecular formula is C14H13ClN2O2. The van der Waals surface area contributed by atoms with Crippen molar-refractivity contribution in [3.8, 4) is 11.5 Å². The molecule has 0 spiro atoms. The molecule has 3 N–H and O–H groups in total. The molecule has 0 bridgehead atoms. The highest BCUT2D eigenvalue weighted by Gasteiger charge is 2.04. The van der Waals surface area contributed by atoms with E-state index in [0.717, 1.165) is 5.56 Å². The van der Waals surface area contributed by atoms with Crippen molar-refractivity contribution in [2.45, 2.75) is 6.92 Å². The van der Waals surface area contributed by atoms with Gasteiger partial charge in [-0.15, -0.1) is 0 Å². The summed E-state index contributed by atoms with van der Waals surface area (Å²) in [6, 6.07) is 12.4. The highest BCUT2D eigenvalue weighted by molar-refractivity contribution is 6.32. The Morgan fingerprint density at radius 3 is 2.53 bits per heavy atom. The number of nitrogens with two attached hydrogens (primary N) is 1. The van der Waals surface area contributed by atoms with E-state index in [1.54, 1.807) is 30.3 Å². The van der Waals surface area contributed by atoms with E-state index in [4.69, 9.17) is 27.3 Å². The Morgan fingerprint density at radius 1 is 1.21 bits per heavy atom. The fourth-order valence-corrected chi connectivity index (χ4v) is 1.72. The molecule has 4 nitrogen and oxygen atoms in total. The van der Waals surface area contributed by atoms with Crippen LogP contribution >= 0.6 is 11.6 Å². The summed E-state index contributed by atoms with van der Waals surface area (Å²) < 4.78 is 5.68. The van der Waals surface area contributed by atoms with Gasteiger partial charge in [0.15, 0.2) is 5.84 Å². The van der Waals surface area contributed by atoms with E-state index in [2.05, 4.69) is 5.16 Å². The van der Waals surface area contributed by atoms with Crippen molar-refractivity contribution in [1.82, 2.24) is 0 Å². The molecule has 0 fully saturated rings. The Hall–Kier alpha value is -2.20. The van der Waals surface area contributed by atoms with E-state index in [1.165, 1.54) is 0 Å². The van der Waals surface area contributed by atoms with Gasteiger partial charge in [0.2, 0.25) is 0 Å². The number of aryl methyl sites for hydroxylation is 1. The maximum Gasteiger partial charge on any atom is 0.170 e. The van der Waals surface area contributed by atoms with Crippen LogP contribution in [-0.2, 0) is 0 Å². The van der Waals surface area contributed by atoms with Gasteiger partial charge in [-0.25, -0.2) is 0 Å². The standard InChI is InChI=1S/C14H13ClN2O2/c1-9-2-7-12(15)13(8-9)19-11-5-3-10(4-6-11)14(16)17-18/h2-8,18H,1H3,(H2,16,17). The van der Waals surface area contributed by atoms with Crippen molar-refractivity contribution in [2.75, 3.05) is 0 Å². The lowest BCUT2D eigenvalue weighted by Gasteiger charge is -2.09. The second-order valence-electron chi connectivity index (χ2n) is 4.05. The number of rotatable bonds is 3. The topological polar surface area (TPSA) is 67.8 Å². The van der Waals surface area contributed by atoms with Gasteiger partial charge in [0, 0.05) is 5.56 Å². The zero-order valence-electron chi connectivity index (χ0n) is 10.3. The van der Waals surface area contributed by atoms with Crippen LogP contribution in [0.15, 0.2) is 47.6 Å². The molecule has 0 unspecified atom stereocenters. The summed E-state index contributed by atoms with van der Waals surface area (Å²) in [5, 5.41) is 12.1. The van der Waals surface area contributed by atoms with Crippen molar-refractivity contribution in [2.24, 2.45) is 10.9 Å². The molecule has 2 aromatic rings. The normalized spacial score (nSPS) is 11.4. The monoisotopic (exact) mass is 276 g/mol. The average Bonchev–Trinajstić information content (AvgIpc) is 2.43. The van der Waals surface area contributed by atoms with Crippen LogP contribution in [0, 0.1) is 6.92 Å². The van der Waals surface area contributed by atoms with E-state index < -0.39 is 0 Å². The third-order valence-corrected chi connectivity index (χ3v) is 2.88. The van der Waals surface area contributed by atoms with Crippen LogP contribution in [0.3, 0.4) is 0 Å². The Bertz CT molecular complexity index is 609. The third kappa shape index (κ3) is 3.17. The second-order valence-corrected chi connectivity index (χ2v) is 4.45. The number of nitrogens with zero attached hydrogens (tertiary/aromatic N) is 1. The van der Waals surface area contributed by atoms with Crippen LogP contribution < -0.4 is 10.5 Å². The summed E-state index contributed by atoms with van der Waals surface area (Å²) in [6.07, 6.45) is 0. The molecule has 5 heteroatoms. The summed E-state index contributed by atoms with van der Waals surface area (Å²) in [4.78, 5) is 0. The van der Waals surface area contributed by atoms with Crippen molar-refractivity contribution in [1.29, 1.82) is 0 Å². The van der Waals surface area contributed by atoms with Crippen LogP contribution in [-0.4, -0.2) is 11.0 Å². The maximum atomic E-state index is 8.57. The molecule has 0 aliphatic rings. The molecule has 0 radical (unpaired) electrons. The molecule has 0 aliphatic heterocycles. The number of ether oxygens (including phenoxy) is 1. The highest BCUT2D eigenvalue weighted by Crippen LogP contribution is 2.30. The van der Waals surface area contributed by atoms with Gasteiger partial charge in [-0.2, -0.15) is 0 Å². The minimum absolute atomic E-state index is 0.0557. The van der Waals surface area contributed by atoms with Gasteiger partial charge in [0.1, 0.15) is 11.5 Å². The van der Waals surface area contributed by atoms with E-state index in [-0.39, 0.29) is 5.84 Å². The molecule has 0 aliphatic carbocycles. The van der Waals surface area contributed by atoms with Crippen LogP contribution in [0.4, 0.5) is 0 Å². The average molecular weight is 277 g/mol. The first-order valence-electron chi connectivity index (χ1n) is 5.62. The quantitative estimate of drug-likeness (QED) is 0.390. The van der Waals surface area contributed by atoms with Crippen molar-refractivity contribution >= 4 is 17.4 Å². The summed E-state index contributed by atoms with van der Waals surface area (Å²) >= 11 is 6.05. The molecule has 0 aromatic heterocycles. The Balaban J connectivity index is 2.22. The number of benzene rings is 2. The van der Waals surface area contributed by atoms with E-state index >= 15 is 0 Å². The van der Waals surface area contributed by atoms with E-state index in [1.807, 2.05) is 19.1 Å². The molecule has 0 amide bonds. The number of halogens is 1. The van der Waals surface area contributed by atoms with Crippen LogP contribution in [0.5, 0.6) is 11.5 Å². The van der Waals surface area contributed by atoms with Gasteiger partial charge in [-0.05, 0) is 48.9 Å². The summed E-state index contributed by atoms with van der Waals surface area (Å²) in [6.45, 7) is 1.96. The zero-order valence-corrected chi connectivity index (χ0v) is 11.1. The highest BCUT2D eigenvalue weighted by atomic mass is 35.5.